The quantitative estimate of drug-likeness (QED) is 0.461. The van der Waals surface area contributed by atoms with Crippen molar-refractivity contribution in [1.82, 2.24) is 14.9 Å². The fourth-order valence-corrected chi connectivity index (χ4v) is 7.09. The number of aromatic nitrogens is 2. The molecule has 2 N–H and O–H groups in total. The van der Waals surface area contributed by atoms with Crippen LogP contribution in [0.4, 0.5) is 17.3 Å². The normalized spacial score (nSPS) is 28.2. The lowest BCUT2D eigenvalue weighted by Gasteiger charge is -2.46. The van der Waals surface area contributed by atoms with Gasteiger partial charge in [0.2, 0.25) is 5.82 Å². The third-order valence-corrected chi connectivity index (χ3v) is 9.77. The number of rotatable bonds is 8. The molecule has 3 fully saturated rings. The van der Waals surface area contributed by atoms with Gasteiger partial charge in [-0.15, -0.1) is 0 Å². The van der Waals surface area contributed by atoms with Gasteiger partial charge in [-0.25, -0.2) is 14.8 Å². The number of anilines is 3. The molecular formula is C31H44N6O3. The number of ether oxygens (including phenoxy) is 1. The third kappa shape index (κ3) is 5.26. The van der Waals surface area contributed by atoms with Crippen molar-refractivity contribution < 1.29 is 14.6 Å². The van der Waals surface area contributed by atoms with Gasteiger partial charge in [0.1, 0.15) is 5.69 Å². The second kappa shape index (κ2) is 11.5. The van der Waals surface area contributed by atoms with Crippen LogP contribution in [0.15, 0.2) is 30.3 Å². The van der Waals surface area contributed by atoms with E-state index in [4.69, 9.17) is 4.74 Å². The van der Waals surface area contributed by atoms with Gasteiger partial charge in [-0.3, -0.25) is 4.90 Å². The van der Waals surface area contributed by atoms with Crippen LogP contribution in [0.2, 0.25) is 0 Å². The van der Waals surface area contributed by atoms with Gasteiger partial charge in [0.25, 0.3) is 0 Å². The molecule has 3 atom stereocenters. The van der Waals surface area contributed by atoms with Crippen molar-refractivity contribution in [2.45, 2.75) is 77.2 Å². The van der Waals surface area contributed by atoms with Crippen molar-refractivity contribution in [3.8, 4) is 0 Å². The number of hydrogen-bond acceptors (Lipinski definition) is 8. The minimum absolute atomic E-state index is 0.0859. The maximum Gasteiger partial charge on any atom is 0.374 e. The fraction of sp³-hybridized carbons (Fsp3) is 0.645. The number of morpholine rings is 1. The predicted molar refractivity (Wildman–Crippen MR) is 157 cm³/mol. The van der Waals surface area contributed by atoms with Crippen LogP contribution in [0, 0.1) is 17.8 Å². The highest BCUT2D eigenvalue weighted by molar-refractivity contribution is 5.90. The van der Waals surface area contributed by atoms with Gasteiger partial charge in [0, 0.05) is 26.2 Å². The number of aromatic carboxylic acids is 1. The van der Waals surface area contributed by atoms with Crippen molar-refractivity contribution in [2.24, 2.45) is 17.8 Å². The average Bonchev–Trinajstić information content (AvgIpc) is 3.20. The Balaban J connectivity index is 1.42. The Bertz CT molecular complexity index is 1180. The van der Waals surface area contributed by atoms with Crippen molar-refractivity contribution in [3.63, 3.8) is 0 Å². The molecule has 3 heterocycles. The molecule has 0 spiro atoms. The molecule has 40 heavy (non-hydrogen) atoms. The summed E-state index contributed by atoms with van der Waals surface area (Å²) in [6.07, 6.45) is 8.49. The number of nitrogens with one attached hydrogen (secondary N) is 1. The van der Waals surface area contributed by atoms with E-state index in [-0.39, 0.29) is 24.2 Å². The van der Waals surface area contributed by atoms with E-state index in [2.05, 4.69) is 81.2 Å². The van der Waals surface area contributed by atoms with Gasteiger partial charge in [0.05, 0.1) is 19.3 Å². The Kier molecular flexibility index (Phi) is 7.86. The highest BCUT2D eigenvalue weighted by Gasteiger charge is 2.46. The summed E-state index contributed by atoms with van der Waals surface area (Å²) in [4.78, 5) is 28.7. The van der Waals surface area contributed by atoms with Gasteiger partial charge in [-0.1, -0.05) is 56.5 Å². The van der Waals surface area contributed by atoms with Crippen molar-refractivity contribution in [2.75, 3.05) is 48.5 Å². The molecule has 9 heteroatoms. The number of carboxylic acid groups (broad SMARTS) is 1. The molecule has 0 radical (unpaired) electrons. The zero-order valence-electron chi connectivity index (χ0n) is 24.1. The van der Waals surface area contributed by atoms with E-state index in [1.54, 1.807) is 0 Å². The van der Waals surface area contributed by atoms with E-state index >= 15 is 0 Å². The smallest absolute Gasteiger partial charge is 0.374 e. The molecule has 216 valence electrons. The molecular weight excluding hydrogens is 504 g/mol. The molecule has 2 aromatic rings. The van der Waals surface area contributed by atoms with Crippen LogP contribution in [0.25, 0.3) is 0 Å². The summed E-state index contributed by atoms with van der Waals surface area (Å²) >= 11 is 0. The lowest BCUT2D eigenvalue weighted by Crippen LogP contribution is -2.59. The highest BCUT2D eigenvalue weighted by Crippen LogP contribution is 2.47. The topological polar surface area (TPSA) is 94.1 Å². The van der Waals surface area contributed by atoms with Crippen molar-refractivity contribution in [3.05, 3.63) is 41.7 Å². The van der Waals surface area contributed by atoms with E-state index in [0.29, 0.717) is 36.7 Å². The standard InChI is InChI=1S/C31H44N6O3/c1-20-12-14-22(15-13-20)18-37-26-27(32-21(2)23-10-7-11-23)33-28(30(38)39)34-29(26)35(3)31(37)36-16-17-40-19-25(36)24-8-5-4-6-9-24/h4-6,8-9,20-23,25,31H,7,10-19H2,1-3H3,(H,38,39)(H,32,33,34)/t20?,21-,22?,25+,31?/m1/s1. The largest absolute Gasteiger partial charge is 0.475 e. The molecule has 6 rings (SSSR count). The van der Waals surface area contributed by atoms with Crippen LogP contribution in [0.3, 0.4) is 0 Å². The number of nitrogens with zero attached hydrogens (tertiary/aromatic N) is 5. The number of carbonyl (C=O) groups is 1. The van der Waals surface area contributed by atoms with Crippen LogP contribution in [-0.4, -0.2) is 71.6 Å². The maximum absolute atomic E-state index is 12.2. The summed E-state index contributed by atoms with van der Waals surface area (Å²) in [6, 6.07) is 10.9. The summed E-state index contributed by atoms with van der Waals surface area (Å²) in [6.45, 7) is 7.53. The first kappa shape index (κ1) is 27.3. The van der Waals surface area contributed by atoms with Gasteiger partial charge in [-0.2, -0.15) is 0 Å². The number of carboxylic acids is 1. The van der Waals surface area contributed by atoms with Gasteiger partial charge >= 0.3 is 5.97 Å². The second-order valence-corrected chi connectivity index (χ2v) is 12.5. The Morgan fingerprint density at radius 3 is 2.55 bits per heavy atom. The zero-order valence-corrected chi connectivity index (χ0v) is 24.1. The minimum Gasteiger partial charge on any atom is -0.475 e. The first-order chi connectivity index (χ1) is 19.4. The zero-order chi connectivity index (χ0) is 27.8. The van der Waals surface area contributed by atoms with Gasteiger partial charge < -0.3 is 25.0 Å². The maximum atomic E-state index is 12.2. The molecule has 2 aliphatic heterocycles. The number of hydrogen-bond donors (Lipinski definition) is 2. The SMILES string of the molecule is CC1CCC(CN2c3c(N[C@H](C)C4CCC4)nc(C(=O)O)nc3N(C)C2N2CCOC[C@H]2c2ccccc2)CC1. The van der Waals surface area contributed by atoms with Crippen molar-refractivity contribution >= 4 is 23.3 Å². The van der Waals surface area contributed by atoms with Gasteiger partial charge in [-0.05, 0) is 55.9 Å². The average molecular weight is 549 g/mol. The van der Waals surface area contributed by atoms with E-state index in [9.17, 15) is 9.90 Å². The monoisotopic (exact) mass is 548 g/mol. The molecule has 0 bridgehead atoms. The Hall–Kier alpha value is -2.91. The van der Waals surface area contributed by atoms with Crippen LogP contribution in [0.1, 0.15) is 81.0 Å². The summed E-state index contributed by atoms with van der Waals surface area (Å²) in [5.74, 6) is 2.05. The summed E-state index contributed by atoms with van der Waals surface area (Å²) in [5, 5.41) is 13.6. The Morgan fingerprint density at radius 1 is 1.12 bits per heavy atom. The predicted octanol–water partition coefficient (Wildman–Crippen LogP) is 5.21. The van der Waals surface area contributed by atoms with Crippen LogP contribution in [0.5, 0.6) is 0 Å². The first-order valence-corrected chi connectivity index (χ1v) is 15.2. The van der Waals surface area contributed by atoms with E-state index in [0.717, 1.165) is 24.7 Å². The van der Waals surface area contributed by atoms with E-state index in [1.807, 2.05) is 0 Å². The van der Waals surface area contributed by atoms with Crippen LogP contribution >= 0.6 is 0 Å². The molecule has 1 unspecified atom stereocenters. The summed E-state index contributed by atoms with van der Waals surface area (Å²) < 4.78 is 6.01. The van der Waals surface area contributed by atoms with Crippen molar-refractivity contribution in [1.29, 1.82) is 0 Å². The molecule has 1 aromatic carbocycles. The molecule has 2 aliphatic carbocycles. The molecule has 0 amide bonds. The van der Waals surface area contributed by atoms with Crippen LogP contribution in [-0.2, 0) is 4.74 Å². The molecule has 2 saturated carbocycles. The number of fused-ring (bicyclic) bond motifs is 1. The first-order valence-electron chi connectivity index (χ1n) is 15.2. The Morgan fingerprint density at radius 2 is 1.88 bits per heavy atom. The highest BCUT2D eigenvalue weighted by atomic mass is 16.5. The van der Waals surface area contributed by atoms with E-state index < -0.39 is 5.97 Å². The lowest BCUT2D eigenvalue weighted by molar-refractivity contribution is -0.0298. The molecule has 4 aliphatic rings. The summed E-state index contributed by atoms with van der Waals surface area (Å²) in [7, 11) is 2.06. The molecule has 1 saturated heterocycles. The minimum atomic E-state index is -1.10. The van der Waals surface area contributed by atoms with Gasteiger partial charge in [0.15, 0.2) is 17.9 Å². The third-order valence-electron chi connectivity index (χ3n) is 9.77. The van der Waals surface area contributed by atoms with Crippen LogP contribution < -0.4 is 15.1 Å². The number of benzene rings is 1. The summed E-state index contributed by atoms with van der Waals surface area (Å²) in [5.41, 5.74) is 2.17. The fourth-order valence-electron chi connectivity index (χ4n) is 7.09. The second-order valence-electron chi connectivity index (χ2n) is 12.5. The Labute approximate surface area is 237 Å². The molecule has 1 aromatic heterocycles. The van der Waals surface area contributed by atoms with E-state index in [1.165, 1.54) is 50.5 Å². The lowest BCUT2D eigenvalue weighted by atomic mass is 9.80. The molecule has 9 nitrogen and oxygen atoms in total.